The van der Waals surface area contributed by atoms with Crippen LogP contribution in [0.4, 0.5) is 0 Å². The third-order valence-electron chi connectivity index (χ3n) is 3.99. The highest BCUT2D eigenvalue weighted by Gasteiger charge is 2.37. The Morgan fingerprint density at radius 3 is 2.00 bits per heavy atom. The van der Waals surface area contributed by atoms with E-state index in [2.05, 4.69) is 25.9 Å². The van der Waals surface area contributed by atoms with E-state index in [1.54, 1.807) is 0 Å². The fourth-order valence-electron chi connectivity index (χ4n) is 2.87. The molecular weight excluding hydrogens is 172 g/mol. The highest BCUT2D eigenvalue weighted by atomic mass is 15.2. The molecular formula is C12H26N2. The fraction of sp³-hybridized carbons (Fsp3) is 1.00. The predicted octanol–water partition coefficient (Wildman–Crippen LogP) is 2.38. The second-order valence-corrected chi connectivity index (χ2v) is 4.93. The van der Waals surface area contributed by atoms with Crippen LogP contribution in [0, 0.1) is 0 Å². The van der Waals surface area contributed by atoms with Crippen LogP contribution in [0.2, 0.25) is 0 Å². The minimum absolute atomic E-state index is 0.283. The molecule has 0 aromatic rings. The van der Waals surface area contributed by atoms with Crippen molar-refractivity contribution in [3.63, 3.8) is 0 Å². The SMILES string of the molecule is CCC(N)C1(N(C)C)CCCCCC1. The van der Waals surface area contributed by atoms with Crippen LogP contribution in [0.25, 0.3) is 0 Å². The van der Waals surface area contributed by atoms with Crippen molar-refractivity contribution in [1.29, 1.82) is 0 Å². The second kappa shape index (κ2) is 5.13. The smallest absolute Gasteiger partial charge is 0.0354 e. The Labute approximate surface area is 88.8 Å². The van der Waals surface area contributed by atoms with Crippen LogP contribution >= 0.6 is 0 Å². The van der Waals surface area contributed by atoms with Crippen LogP contribution < -0.4 is 5.73 Å². The number of likely N-dealkylation sites (N-methyl/N-ethyl adjacent to an activating group) is 1. The number of hydrogen-bond acceptors (Lipinski definition) is 2. The molecule has 0 saturated heterocycles. The van der Waals surface area contributed by atoms with E-state index >= 15 is 0 Å². The standard InChI is InChI=1S/C12H26N2/c1-4-11(13)12(14(2)3)9-7-5-6-8-10-12/h11H,4-10,13H2,1-3H3. The van der Waals surface area contributed by atoms with Crippen LogP contribution in [0.3, 0.4) is 0 Å². The zero-order valence-corrected chi connectivity index (χ0v) is 10.1. The average Bonchev–Trinajstić information content (AvgIpc) is 2.42. The van der Waals surface area contributed by atoms with Crippen molar-refractivity contribution >= 4 is 0 Å². The van der Waals surface area contributed by atoms with Gasteiger partial charge in [-0.1, -0.05) is 32.6 Å². The summed E-state index contributed by atoms with van der Waals surface area (Å²) in [4.78, 5) is 2.38. The van der Waals surface area contributed by atoms with Gasteiger partial charge in [-0.3, -0.25) is 0 Å². The topological polar surface area (TPSA) is 29.3 Å². The summed E-state index contributed by atoms with van der Waals surface area (Å²) in [7, 11) is 4.39. The lowest BCUT2D eigenvalue weighted by molar-refractivity contribution is 0.0952. The molecule has 1 saturated carbocycles. The first-order chi connectivity index (χ1) is 6.63. The quantitative estimate of drug-likeness (QED) is 0.706. The Bertz CT molecular complexity index is 158. The van der Waals surface area contributed by atoms with Crippen molar-refractivity contribution in [3.05, 3.63) is 0 Å². The lowest BCUT2D eigenvalue weighted by atomic mass is 9.80. The van der Waals surface area contributed by atoms with E-state index in [1.807, 2.05) is 0 Å². The molecule has 14 heavy (non-hydrogen) atoms. The van der Waals surface area contributed by atoms with E-state index in [9.17, 15) is 0 Å². The summed E-state index contributed by atoms with van der Waals surface area (Å²) in [6.07, 6.45) is 9.16. The first kappa shape index (κ1) is 12.0. The molecule has 0 aliphatic heterocycles. The maximum atomic E-state index is 6.31. The first-order valence-corrected chi connectivity index (χ1v) is 6.06. The van der Waals surface area contributed by atoms with Crippen molar-refractivity contribution in [3.8, 4) is 0 Å². The summed E-state index contributed by atoms with van der Waals surface area (Å²) in [5.41, 5.74) is 6.59. The summed E-state index contributed by atoms with van der Waals surface area (Å²) in [5, 5.41) is 0. The van der Waals surface area contributed by atoms with Gasteiger partial charge >= 0.3 is 0 Å². The number of nitrogens with two attached hydrogens (primary N) is 1. The normalized spacial score (nSPS) is 24.6. The van der Waals surface area contributed by atoms with Gasteiger partial charge in [0.05, 0.1) is 0 Å². The Balaban J connectivity index is 2.77. The molecule has 84 valence electrons. The fourth-order valence-corrected chi connectivity index (χ4v) is 2.87. The third-order valence-corrected chi connectivity index (χ3v) is 3.99. The number of nitrogens with zero attached hydrogens (tertiary/aromatic N) is 1. The monoisotopic (exact) mass is 198 g/mol. The minimum atomic E-state index is 0.283. The van der Waals surface area contributed by atoms with Gasteiger partial charge in [0.2, 0.25) is 0 Å². The Hall–Kier alpha value is -0.0800. The predicted molar refractivity (Wildman–Crippen MR) is 62.4 cm³/mol. The summed E-state index contributed by atoms with van der Waals surface area (Å²) in [6.45, 7) is 2.21. The Kier molecular flexibility index (Phi) is 4.39. The molecule has 1 unspecified atom stereocenters. The van der Waals surface area contributed by atoms with Crippen LogP contribution in [0.15, 0.2) is 0 Å². The van der Waals surface area contributed by atoms with E-state index in [1.165, 1.54) is 38.5 Å². The van der Waals surface area contributed by atoms with Gasteiger partial charge in [-0.25, -0.2) is 0 Å². The average molecular weight is 198 g/mol. The van der Waals surface area contributed by atoms with Gasteiger partial charge in [-0.2, -0.15) is 0 Å². The lowest BCUT2D eigenvalue weighted by Gasteiger charge is -2.44. The molecule has 0 heterocycles. The van der Waals surface area contributed by atoms with Crippen LogP contribution in [0.1, 0.15) is 51.9 Å². The van der Waals surface area contributed by atoms with E-state index in [0.29, 0.717) is 6.04 Å². The van der Waals surface area contributed by atoms with Gasteiger partial charge in [0.25, 0.3) is 0 Å². The van der Waals surface area contributed by atoms with Gasteiger partial charge in [-0.15, -0.1) is 0 Å². The van der Waals surface area contributed by atoms with Crippen molar-refractivity contribution in [1.82, 2.24) is 4.90 Å². The van der Waals surface area contributed by atoms with Gasteiger partial charge in [0, 0.05) is 11.6 Å². The van der Waals surface area contributed by atoms with Gasteiger partial charge in [-0.05, 0) is 33.4 Å². The van der Waals surface area contributed by atoms with Gasteiger partial charge in [0.1, 0.15) is 0 Å². The van der Waals surface area contributed by atoms with Crippen molar-refractivity contribution in [2.24, 2.45) is 5.73 Å². The molecule has 0 aromatic carbocycles. The summed E-state index contributed by atoms with van der Waals surface area (Å²) in [5.74, 6) is 0. The maximum Gasteiger partial charge on any atom is 0.0354 e. The molecule has 2 nitrogen and oxygen atoms in total. The molecule has 0 aromatic heterocycles. The first-order valence-electron chi connectivity index (χ1n) is 6.06. The molecule has 0 amide bonds. The van der Waals surface area contributed by atoms with Crippen LogP contribution in [-0.2, 0) is 0 Å². The minimum Gasteiger partial charge on any atom is -0.326 e. The molecule has 0 radical (unpaired) electrons. The van der Waals surface area contributed by atoms with E-state index in [-0.39, 0.29) is 5.54 Å². The molecule has 1 aliphatic rings. The van der Waals surface area contributed by atoms with E-state index in [4.69, 9.17) is 5.73 Å². The summed E-state index contributed by atoms with van der Waals surface area (Å²) in [6, 6.07) is 0.343. The van der Waals surface area contributed by atoms with Gasteiger partial charge < -0.3 is 10.6 Å². The summed E-state index contributed by atoms with van der Waals surface area (Å²) < 4.78 is 0. The van der Waals surface area contributed by atoms with Crippen molar-refractivity contribution in [2.75, 3.05) is 14.1 Å². The van der Waals surface area contributed by atoms with Crippen molar-refractivity contribution < 1.29 is 0 Å². The summed E-state index contributed by atoms with van der Waals surface area (Å²) >= 11 is 0. The molecule has 0 bridgehead atoms. The highest BCUT2D eigenvalue weighted by molar-refractivity contribution is 4.97. The molecule has 2 N–H and O–H groups in total. The zero-order chi connectivity index (χ0) is 10.6. The molecule has 2 heteroatoms. The van der Waals surface area contributed by atoms with Crippen LogP contribution in [0.5, 0.6) is 0 Å². The lowest BCUT2D eigenvalue weighted by Crippen LogP contribution is -2.56. The zero-order valence-electron chi connectivity index (χ0n) is 10.1. The van der Waals surface area contributed by atoms with Crippen LogP contribution in [-0.4, -0.2) is 30.6 Å². The largest absolute Gasteiger partial charge is 0.326 e. The molecule has 1 atom stereocenters. The number of rotatable bonds is 3. The Morgan fingerprint density at radius 2 is 1.64 bits per heavy atom. The van der Waals surface area contributed by atoms with E-state index in [0.717, 1.165) is 6.42 Å². The molecule has 1 rings (SSSR count). The molecule has 0 spiro atoms. The van der Waals surface area contributed by atoms with Gasteiger partial charge in [0.15, 0.2) is 0 Å². The number of hydrogen-bond donors (Lipinski definition) is 1. The van der Waals surface area contributed by atoms with Crippen molar-refractivity contribution in [2.45, 2.75) is 63.5 Å². The third kappa shape index (κ3) is 2.29. The molecule has 1 aliphatic carbocycles. The highest BCUT2D eigenvalue weighted by Crippen LogP contribution is 2.34. The molecule has 1 fully saturated rings. The van der Waals surface area contributed by atoms with E-state index < -0.39 is 0 Å². The maximum absolute atomic E-state index is 6.31. The Morgan fingerprint density at radius 1 is 1.14 bits per heavy atom. The second-order valence-electron chi connectivity index (χ2n) is 4.93.